The molecule has 0 unspecified atom stereocenters. The van der Waals surface area contributed by atoms with Gasteiger partial charge in [-0.3, -0.25) is 4.57 Å². The second-order valence-corrected chi connectivity index (χ2v) is 5.64. The van der Waals surface area contributed by atoms with Gasteiger partial charge in [0.2, 0.25) is 5.95 Å². The van der Waals surface area contributed by atoms with Crippen LogP contribution in [0.15, 0.2) is 36.4 Å². The topological polar surface area (TPSA) is 43.8 Å². The van der Waals surface area contributed by atoms with Crippen molar-refractivity contribution in [2.24, 2.45) is 0 Å². The largest absolute Gasteiger partial charge is 0.369 e. The van der Waals surface area contributed by atoms with E-state index < -0.39 is 0 Å². The quantitative estimate of drug-likeness (QED) is 0.641. The highest BCUT2D eigenvalue weighted by Crippen LogP contribution is 2.27. The van der Waals surface area contributed by atoms with E-state index in [2.05, 4.69) is 4.98 Å². The van der Waals surface area contributed by atoms with Gasteiger partial charge >= 0.3 is 0 Å². The molecule has 3 nitrogen and oxygen atoms in total. The van der Waals surface area contributed by atoms with Crippen LogP contribution in [-0.4, -0.2) is 9.55 Å². The second kappa shape index (κ2) is 4.64. The minimum atomic E-state index is -0.295. The van der Waals surface area contributed by atoms with E-state index in [1.54, 1.807) is 22.8 Å². The van der Waals surface area contributed by atoms with E-state index in [1.165, 1.54) is 6.07 Å². The van der Waals surface area contributed by atoms with E-state index in [-0.39, 0.29) is 5.82 Å². The summed E-state index contributed by atoms with van der Waals surface area (Å²) in [6.45, 7) is 0. The Bertz CT molecular complexity index is 785. The first-order chi connectivity index (χ1) is 9.06. The Kier molecular flexibility index (Phi) is 3.10. The number of aromatic nitrogens is 2. The predicted molar refractivity (Wildman–Crippen MR) is 83.2 cm³/mol. The average Bonchev–Trinajstić information content (AvgIpc) is 2.65. The van der Waals surface area contributed by atoms with Crippen LogP contribution in [0.25, 0.3) is 16.7 Å². The number of nitrogen functional groups attached to an aromatic ring is 1. The summed E-state index contributed by atoms with van der Waals surface area (Å²) in [6.07, 6.45) is 0. The van der Waals surface area contributed by atoms with Crippen LogP contribution in [0.4, 0.5) is 10.3 Å². The van der Waals surface area contributed by atoms with Crippen molar-refractivity contribution in [1.29, 1.82) is 0 Å². The number of hydrogen-bond donors (Lipinski definition) is 1. The van der Waals surface area contributed by atoms with E-state index in [0.717, 1.165) is 5.69 Å². The number of nitrogens with zero attached hydrogens (tertiary/aromatic N) is 2. The van der Waals surface area contributed by atoms with Crippen molar-refractivity contribution in [2.45, 2.75) is 0 Å². The van der Waals surface area contributed by atoms with E-state index in [1.807, 2.05) is 34.7 Å². The highest BCUT2D eigenvalue weighted by molar-refractivity contribution is 14.1. The Morgan fingerprint density at radius 3 is 2.79 bits per heavy atom. The highest BCUT2D eigenvalue weighted by atomic mass is 127. The maximum Gasteiger partial charge on any atom is 0.205 e. The van der Waals surface area contributed by atoms with Gasteiger partial charge in [-0.25, -0.2) is 9.37 Å². The molecule has 2 aromatic carbocycles. The van der Waals surface area contributed by atoms with Crippen LogP contribution < -0.4 is 5.73 Å². The molecule has 0 radical (unpaired) electrons. The first kappa shape index (κ1) is 12.7. The molecule has 0 fully saturated rings. The van der Waals surface area contributed by atoms with Crippen molar-refractivity contribution >= 4 is 51.2 Å². The third-order valence-electron chi connectivity index (χ3n) is 2.79. The summed E-state index contributed by atoms with van der Waals surface area (Å²) >= 11 is 7.90. The van der Waals surface area contributed by atoms with Crippen molar-refractivity contribution in [3.8, 4) is 5.69 Å². The average molecular weight is 388 g/mol. The molecular weight excluding hydrogens is 380 g/mol. The Balaban J connectivity index is 2.34. The normalized spacial score (nSPS) is 11.1. The lowest BCUT2D eigenvalue weighted by molar-refractivity contribution is 0.622. The molecule has 0 aliphatic rings. The zero-order valence-electron chi connectivity index (χ0n) is 9.57. The molecule has 0 bridgehead atoms. The minimum Gasteiger partial charge on any atom is -0.369 e. The number of fused-ring (bicyclic) bond motifs is 1. The summed E-state index contributed by atoms with van der Waals surface area (Å²) in [5.74, 6) is 0.00921. The fraction of sp³-hybridized carbons (Fsp3) is 0. The molecule has 0 saturated carbocycles. The summed E-state index contributed by atoms with van der Waals surface area (Å²) in [6, 6.07) is 10.3. The Morgan fingerprint density at radius 1 is 1.26 bits per heavy atom. The maximum atomic E-state index is 13.7. The fourth-order valence-electron chi connectivity index (χ4n) is 1.98. The van der Waals surface area contributed by atoms with Crippen LogP contribution in [0.3, 0.4) is 0 Å². The molecule has 0 spiro atoms. The molecule has 0 saturated heterocycles. The van der Waals surface area contributed by atoms with E-state index >= 15 is 0 Å². The van der Waals surface area contributed by atoms with Crippen LogP contribution in [0.5, 0.6) is 0 Å². The molecular formula is C13H8ClFIN3. The van der Waals surface area contributed by atoms with Crippen molar-refractivity contribution in [1.82, 2.24) is 9.55 Å². The molecule has 6 heteroatoms. The summed E-state index contributed by atoms with van der Waals surface area (Å²) in [4.78, 5) is 4.25. The first-order valence-electron chi connectivity index (χ1n) is 5.45. The van der Waals surface area contributed by atoms with Gasteiger partial charge in [0.05, 0.1) is 20.3 Å². The Labute approximate surface area is 127 Å². The lowest BCUT2D eigenvalue weighted by Crippen LogP contribution is -2.00. The van der Waals surface area contributed by atoms with Gasteiger partial charge in [-0.2, -0.15) is 0 Å². The number of nitrogens with two attached hydrogens (primary N) is 1. The van der Waals surface area contributed by atoms with Crippen LogP contribution in [-0.2, 0) is 0 Å². The molecule has 2 N–H and O–H groups in total. The van der Waals surface area contributed by atoms with E-state index in [9.17, 15) is 4.39 Å². The van der Waals surface area contributed by atoms with E-state index in [4.69, 9.17) is 17.3 Å². The predicted octanol–water partition coefficient (Wildman–Crippen LogP) is 4.00. The summed E-state index contributed by atoms with van der Waals surface area (Å²) in [7, 11) is 0. The molecule has 1 heterocycles. The van der Waals surface area contributed by atoms with Gasteiger partial charge < -0.3 is 5.73 Å². The van der Waals surface area contributed by atoms with Crippen LogP contribution in [0, 0.1) is 9.39 Å². The van der Waals surface area contributed by atoms with Gasteiger partial charge in [0.1, 0.15) is 5.82 Å². The van der Waals surface area contributed by atoms with Crippen LogP contribution >= 0.6 is 34.2 Å². The summed E-state index contributed by atoms with van der Waals surface area (Å²) < 4.78 is 15.9. The van der Waals surface area contributed by atoms with Gasteiger partial charge in [0.15, 0.2) is 0 Å². The summed E-state index contributed by atoms with van der Waals surface area (Å²) in [5, 5.41) is 0.588. The zero-order valence-corrected chi connectivity index (χ0v) is 12.5. The monoisotopic (exact) mass is 387 g/mol. The molecule has 0 aliphatic carbocycles. The molecule has 1 aromatic heterocycles. The number of hydrogen-bond acceptors (Lipinski definition) is 2. The van der Waals surface area contributed by atoms with Gasteiger partial charge in [-0.05, 0) is 46.9 Å². The van der Waals surface area contributed by atoms with Crippen molar-refractivity contribution < 1.29 is 4.39 Å². The van der Waals surface area contributed by atoms with Gasteiger partial charge in [0.25, 0.3) is 0 Å². The highest BCUT2D eigenvalue weighted by Gasteiger charge is 2.13. The smallest absolute Gasteiger partial charge is 0.205 e. The molecule has 3 rings (SSSR count). The molecule has 96 valence electrons. The third-order valence-corrected chi connectivity index (χ3v) is 3.85. The number of rotatable bonds is 1. The lowest BCUT2D eigenvalue weighted by Gasteiger charge is -2.07. The maximum absolute atomic E-state index is 13.7. The van der Waals surface area contributed by atoms with Crippen LogP contribution in [0.1, 0.15) is 0 Å². The third kappa shape index (κ3) is 2.17. The van der Waals surface area contributed by atoms with Gasteiger partial charge in [-0.1, -0.05) is 17.7 Å². The Hall–Kier alpha value is -1.34. The Morgan fingerprint density at radius 2 is 2.05 bits per heavy atom. The van der Waals surface area contributed by atoms with Crippen molar-refractivity contribution in [3.05, 3.63) is 50.8 Å². The molecule has 19 heavy (non-hydrogen) atoms. The molecule has 3 aromatic rings. The van der Waals surface area contributed by atoms with E-state index in [0.29, 0.717) is 25.6 Å². The van der Waals surface area contributed by atoms with Crippen molar-refractivity contribution in [3.63, 3.8) is 0 Å². The number of benzene rings is 2. The molecule has 0 atom stereocenters. The summed E-state index contributed by atoms with van der Waals surface area (Å²) in [5.41, 5.74) is 7.96. The standard InChI is InChI=1S/C13H8ClFIN3/c14-7-2-1-3-8(4-7)19-12-5-9(15)10(16)6-11(12)18-13(19)17/h1-6H,(H2,17,18). The minimum absolute atomic E-state index is 0.295. The van der Waals surface area contributed by atoms with Gasteiger partial charge in [-0.15, -0.1) is 0 Å². The van der Waals surface area contributed by atoms with Gasteiger partial charge in [0, 0.05) is 11.1 Å². The van der Waals surface area contributed by atoms with Crippen molar-refractivity contribution in [2.75, 3.05) is 5.73 Å². The van der Waals surface area contributed by atoms with Crippen LogP contribution in [0.2, 0.25) is 5.02 Å². The number of anilines is 1. The first-order valence-corrected chi connectivity index (χ1v) is 6.91. The lowest BCUT2D eigenvalue weighted by atomic mass is 10.2. The number of halogens is 3. The SMILES string of the molecule is Nc1nc2cc(I)c(F)cc2n1-c1cccc(Cl)c1. The second-order valence-electron chi connectivity index (χ2n) is 4.04. The zero-order chi connectivity index (χ0) is 13.6. The fourth-order valence-corrected chi connectivity index (χ4v) is 2.61. The molecule has 0 amide bonds. The number of imidazole rings is 1. The molecule has 0 aliphatic heterocycles.